The lowest BCUT2D eigenvalue weighted by molar-refractivity contribution is 0.0746. The minimum Gasteiger partial charge on any atom is -0.378 e. The molecule has 2 heterocycles. The molecule has 1 fully saturated rings. The van der Waals surface area contributed by atoms with Crippen LogP contribution in [-0.2, 0) is 0 Å². The number of anilines is 3. The zero-order chi connectivity index (χ0) is 18.0. The van der Waals surface area contributed by atoms with Gasteiger partial charge in [-0.05, 0) is 18.2 Å². The number of hydrogen-bond acceptors (Lipinski definition) is 6. The van der Waals surface area contributed by atoms with Crippen molar-refractivity contribution in [1.29, 1.82) is 0 Å². The molecule has 1 aliphatic heterocycles. The summed E-state index contributed by atoms with van der Waals surface area (Å²) in [5.41, 5.74) is 6.99. The van der Waals surface area contributed by atoms with E-state index < -0.39 is 0 Å². The van der Waals surface area contributed by atoms with Gasteiger partial charge in [0.15, 0.2) is 0 Å². The number of piperazine rings is 1. The first-order valence-electron chi connectivity index (χ1n) is 8.12. The number of hydrogen-bond donors (Lipinski definition) is 2. The Balaban J connectivity index is 1.68. The maximum atomic E-state index is 12.7. The summed E-state index contributed by atoms with van der Waals surface area (Å²) in [4.78, 5) is 36.6. The van der Waals surface area contributed by atoms with Crippen LogP contribution in [0.1, 0.15) is 10.4 Å². The lowest BCUT2D eigenvalue weighted by atomic mass is 10.1. The summed E-state index contributed by atoms with van der Waals surface area (Å²) in [6.07, 6.45) is 0. The minimum absolute atomic E-state index is 0.0155. The van der Waals surface area contributed by atoms with E-state index in [0.717, 1.165) is 5.69 Å². The van der Waals surface area contributed by atoms with Crippen LogP contribution in [0, 0.1) is 0 Å². The van der Waals surface area contributed by atoms with E-state index in [1.165, 1.54) is 6.07 Å². The van der Waals surface area contributed by atoms with Gasteiger partial charge in [0.2, 0.25) is 5.95 Å². The molecule has 0 unspecified atom stereocenters. The van der Waals surface area contributed by atoms with Gasteiger partial charge in [-0.15, -0.1) is 0 Å². The number of benzene rings is 1. The van der Waals surface area contributed by atoms with Gasteiger partial charge >= 0.3 is 0 Å². The van der Waals surface area contributed by atoms with E-state index in [4.69, 9.17) is 5.73 Å². The maximum absolute atomic E-state index is 12.7. The fourth-order valence-electron chi connectivity index (χ4n) is 2.86. The van der Waals surface area contributed by atoms with E-state index in [1.807, 2.05) is 53.1 Å². The molecule has 0 aliphatic carbocycles. The molecule has 2 aromatic rings. The second kappa shape index (κ2) is 6.84. The number of H-pyrrole nitrogens is 1. The Hall–Kier alpha value is -3.03. The van der Waals surface area contributed by atoms with Crippen molar-refractivity contribution < 1.29 is 4.79 Å². The third kappa shape index (κ3) is 3.73. The molecule has 1 aromatic carbocycles. The number of carbonyl (C=O) groups excluding carboxylic acids is 1. The van der Waals surface area contributed by atoms with Crippen molar-refractivity contribution >= 4 is 23.4 Å². The Labute approximate surface area is 145 Å². The number of rotatable bonds is 3. The minimum atomic E-state index is -0.276. The highest BCUT2D eigenvalue weighted by Gasteiger charge is 2.23. The Bertz CT molecular complexity index is 824. The van der Waals surface area contributed by atoms with Crippen molar-refractivity contribution in [2.75, 3.05) is 55.8 Å². The van der Waals surface area contributed by atoms with Crippen LogP contribution in [0.5, 0.6) is 0 Å². The van der Waals surface area contributed by atoms with Crippen LogP contribution in [0.4, 0.5) is 17.5 Å². The quantitative estimate of drug-likeness (QED) is 0.837. The summed E-state index contributed by atoms with van der Waals surface area (Å²) in [7, 11) is 3.89. The van der Waals surface area contributed by atoms with Crippen molar-refractivity contribution in [2.45, 2.75) is 0 Å². The second-order valence-electron chi connectivity index (χ2n) is 6.21. The molecular formula is C17H22N6O2. The topological polar surface area (TPSA) is 98.6 Å². The van der Waals surface area contributed by atoms with E-state index in [-0.39, 0.29) is 17.4 Å². The first-order chi connectivity index (χ1) is 11.9. The van der Waals surface area contributed by atoms with Crippen molar-refractivity contribution in [3.05, 3.63) is 46.2 Å². The second-order valence-corrected chi connectivity index (χ2v) is 6.21. The molecule has 8 nitrogen and oxygen atoms in total. The van der Waals surface area contributed by atoms with Crippen molar-refractivity contribution in [3.63, 3.8) is 0 Å². The Morgan fingerprint density at radius 1 is 1.20 bits per heavy atom. The molecule has 1 saturated heterocycles. The molecular weight excluding hydrogens is 320 g/mol. The highest BCUT2D eigenvalue weighted by atomic mass is 16.2. The van der Waals surface area contributed by atoms with Gasteiger partial charge < -0.3 is 20.4 Å². The van der Waals surface area contributed by atoms with Crippen molar-refractivity contribution in [2.24, 2.45) is 0 Å². The molecule has 0 bridgehead atoms. The summed E-state index contributed by atoms with van der Waals surface area (Å²) < 4.78 is 0. The van der Waals surface area contributed by atoms with Crippen LogP contribution < -0.4 is 21.1 Å². The number of nitrogens with two attached hydrogens (primary N) is 1. The van der Waals surface area contributed by atoms with Crippen LogP contribution in [0.3, 0.4) is 0 Å². The van der Waals surface area contributed by atoms with Crippen LogP contribution in [0.25, 0.3) is 0 Å². The molecule has 1 amide bonds. The van der Waals surface area contributed by atoms with Crippen molar-refractivity contribution in [1.82, 2.24) is 14.9 Å². The molecule has 0 spiro atoms. The lowest BCUT2D eigenvalue weighted by Gasteiger charge is -2.35. The fraction of sp³-hybridized carbons (Fsp3) is 0.353. The summed E-state index contributed by atoms with van der Waals surface area (Å²) in [5, 5.41) is 0. The van der Waals surface area contributed by atoms with Crippen LogP contribution >= 0.6 is 0 Å². The molecule has 8 heteroatoms. The molecule has 0 radical (unpaired) electrons. The maximum Gasteiger partial charge on any atom is 0.254 e. The predicted octanol–water partition coefficient (Wildman–Crippen LogP) is 0.381. The zero-order valence-corrected chi connectivity index (χ0v) is 14.4. The van der Waals surface area contributed by atoms with Crippen LogP contribution in [0.2, 0.25) is 0 Å². The Morgan fingerprint density at radius 2 is 1.92 bits per heavy atom. The number of aromatic amines is 1. The number of nitrogens with zero attached hydrogens (tertiary/aromatic N) is 4. The molecule has 0 saturated carbocycles. The van der Waals surface area contributed by atoms with Gasteiger partial charge in [0.1, 0.15) is 5.82 Å². The van der Waals surface area contributed by atoms with Crippen molar-refractivity contribution in [3.8, 4) is 0 Å². The van der Waals surface area contributed by atoms with Gasteiger partial charge in [0, 0.05) is 57.6 Å². The van der Waals surface area contributed by atoms with E-state index in [2.05, 4.69) is 9.97 Å². The Morgan fingerprint density at radius 3 is 2.56 bits per heavy atom. The molecule has 3 N–H and O–H groups in total. The standard InChI is InChI=1S/C17H22N6O2/c1-21(2)13-5-3-4-12(10-13)16(25)23-8-6-22(7-9-23)14-11-15(24)20-17(18)19-14/h3-5,10-11H,6-9H2,1-2H3,(H3,18,19,20,24). The summed E-state index contributed by atoms with van der Waals surface area (Å²) in [5.74, 6) is 0.659. The predicted molar refractivity (Wildman–Crippen MR) is 98.2 cm³/mol. The summed E-state index contributed by atoms with van der Waals surface area (Å²) in [6, 6.07) is 9.02. The summed E-state index contributed by atoms with van der Waals surface area (Å²) >= 11 is 0. The first kappa shape index (κ1) is 16.8. The highest BCUT2D eigenvalue weighted by molar-refractivity contribution is 5.95. The van der Waals surface area contributed by atoms with Gasteiger partial charge in [-0.2, -0.15) is 4.98 Å². The number of carbonyl (C=O) groups is 1. The molecule has 0 atom stereocenters. The molecule has 25 heavy (non-hydrogen) atoms. The average Bonchev–Trinajstić information content (AvgIpc) is 2.60. The smallest absolute Gasteiger partial charge is 0.254 e. The first-order valence-corrected chi connectivity index (χ1v) is 8.12. The molecule has 3 rings (SSSR count). The number of aromatic nitrogens is 2. The third-order valence-electron chi connectivity index (χ3n) is 4.25. The molecule has 132 valence electrons. The average molecular weight is 342 g/mol. The molecule has 1 aromatic heterocycles. The zero-order valence-electron chi connectivity index (χ0n) is 14.4. The van der Waals surface area contributed by atoms with E-state index in [0.29, 0.717) is 37.6 Å². The van der Waals surface area contributed by atoms with E-state index in [9.17, 15) is 9.59 Å². The number of nitrogens with one attached hydrogen (secondary N) is 1. The van der Waals surface area contributed by atoms with E-state index >= 15 is 0 Å². The van der Waals surface area contributed by atoms with Gasteiger partial charge in [0.25, 0.3) is 11.5 Å². The largest absolute Gasteiger partial charge is 0.378 e. The highest BCUT2D eigenvalue weighted by Crippen LogP contribution is 2.17. The normalized spacial score (nSPS) is 14.5. The fourth-order valence-corrected chi connectivity index (χ4v) is 2.86. The number of amides is 1. The van der Waals surface area contributed by atoms with Crippen LogP contribution in [0.15, 0.2) is 35.1 Å². The lowest BCUT2D eigenvalue weighted by Crippen LogP contribution is -2.49. The van der Waals surface area contributed by atoms with Gasteiger partial charge in [-0.1, -0.05) is 6.07 Å². The van der Waals surface area contributed by atoms with Crippen LogP contribution in [-0.4, -0.2) is 61.0 Å². The summed E-state index contributed by atoms with van der Waals surface area (Å²) in [6.45, 7) is 2.35. The van der Waals surface area contributed by atoms with Gasteiger partial charge in [0.05, 0.1) is 0 Å². The van der Waals surface area contributed by atoms with E-state index in [1.54, 1.807) is 0 Å². The molecule has 1 aliphatic rings. The third-order valence-corrected chi connectivity index (χ3v) is 4.25. The van der Waals surface area contributed by atoms with Gasteiger partial charge in [-0.3, -0.25) is 14.6 Å². The number of nitrogen functional groups attached to an aromatic ring is 1. The van der Waals surface area contributed by atoms with Gasteiger partial charge in [-0.25, -0.2) is 0 Å². The monoisotopic (exact) mass is 342 g/mol. The SMILES string of the molecule is CN(C)c1cccc(C(=O)N2CCN(c3cc(=O)[nH]c(N)n3)CC2)c1. The Kier molecular flexibility index (Phi) is 4.60.